The van der Waals surface area contributed by atoms with E-state index in [1.165, 1.54) is 7.11 Å². The quantitative estimate of drug-likeness (QED) is 0.860. The predicted molar refractivity (Wildman–Crippen MR) is 95.6 cm³/mol. The summed E-state index contributed by atoms with van der Waals surface area (Å²) in [6.45, 7) is 9.28. The van der Waals surface area contributed by atoms with Crippen LogP contribution in [-0.4, -0.2) is 57.1 Å². The van der Waals surface area contributed by atoms with Gasteiger partial charge < -0.3 is 19.9 Å². The Labute approximate surface area is 143 Å². The van der Waals surface area contributed by atoms with Crippen LogP contribution < -0.4 is 10.2 Å². The smallest absolute Gasteiger partial charge is 0.337 e. The fourth-order valence-corrected chi connectivity index (χ4v) is 2.51. The molecule has 1 fully saturated rings. The van der Waals surface area contributed by atoms with Gasteiger partial charge in [0.15, 0.2) is 0 Å². The molecular formula is C18H27N3O3. The molecule has 1 aliphatic heterocycles. The first-order chi connectivity index (χ1) is 11.2. The first kappa shape index (κ1) is 18.3. The molecule has 0 radical (unpaired) electrons. The maximum atomic E-state index is 12.4. The summed E-state index contributed by atoms with van der Waals surface area (Å²) >= 11 is 0. The number of anilines is 2. The Morgan fingerprint density at radius 1 is 1.12 bits per heavy atom. The molecule has 0 aliphatic carbocycles. The summed E-state index contributed by atoms with van der Waals surface area (Å²) in [5.74, 6) is -0.494. The second kappa shape index (κ2) is 7.21. The number of carbonyl (C=O) groups is 2. The molecule has 0 spiro atoms. The van der Waals surface area contributed by atoms with Crippen LogP contribution in [0.25, 0.3) is 0 Å². The largest absolute Gasteiger partial charge is 0.465 e. The van der Waals surface area contributed by atoms with Gasteiger partial charge in [0.25, 0.3) is 0 Å². The lowest BCUT2D eigenvalue weighted by Crippen LogP contribution is -2.44. The average Bonchev–Trinajstić information content (AvgIpc) is 2.54. The highest BCUT2D eigenvalue weighted by Crippen LogP contribution is 2.30. The van der Waals surface area contributed by atoms with E-state index in [0.717, 1.165) is 31.9 Å². The molecular weight excluding hydrogens is 306 g/mol. The van der Waals surface area contributed by atoms with E-state index >= 15 is 0 Å². The Hall–Kier alpha value is -2.08. The first-order valence-electron chi connectivity index (χ1n) is 8.19. The molecule has 0 unspecified atom stereocenters. The standard InChI is InChI=1S/C18H27N3O3/c1-18(2,3)17(23)19-14-12-13(16(22)24-5)6-7-15(14)21-10-8-20(4)9-11-21/h6-7,12H,8-11H2,1-5H3,(H,19,23). The van der Waals surface area contributed by atoms with Crippen molar-refractivity contribution < 1.29 is 14.3 Å². The van der Waals surface area contributed by atoms with Gasteiger partial charge in [-0.25, -0.2) is 4.79 Å². The summed E-state index contributed by atoms with van der Waals surface area (Å²) in [5, 5.41) is 2.98. The zero-order valence-corrected chi connectivity index (χ0v) is 15.2. The highest BCUT2D eigenvalue weighted by atomic mass is 16.5. The molecule has 0 saturated carbocycles. The highest BCUT2D eigenvalue weighted by Gasteiger charge is 2.24. The number of rotatable bonds is 3. The Kier molecular flexibility index (Phi) is 5.49. The fraction of sp³-hybridized carbons (Fsp3) is 0.556. The first-order valence-corrected chi connectivity index (χ1v) is 8.19. The molecule has 6 nitrogen and oxygen atoms in total. The maximum absolute atomic E-state index is 12.4. The summed E-state index contributed by atoms with van der Waals surface area (Å²) in [6.07, 6.45) is 0. The molecule has 1 aliphatic rings. The molecule has 1 aromatic rings. The normalized spacial score (nSPS) is 16.0. The lowest BCUT2D eigenvalue weighted by atomic mass is 9.95. The van der Waals surface area contributed by atoms with Crippen molar-refractivity contribution >= 4 is 23.3 Å². The van der Waals surface area contributed by atoms with Crippen molar-refractivity contribution in [2.45, 2.75) is 20.8 Å². The van der Waals surface area contributed by atoms with Gasteiger partial charge in [0.1, 0.15) is 0 Å². The molecule has 0 bridgehead atoms. The number of amides is 1. The third-order valence-electron chi connectivity index (χ3n) is 4.19. The summed E-state index contributed by atoms with van der Waals surface area (Å²) < 4.78 is 4.79. The van der Waals surface area contributed by atoms with Crippen LogP contribution >= 0.6 is 0 Å². The van der Waals surface area contributed by atoms with Gasteiger partial charge in [-0.05, 0) is 25.2 Å². The van der Waals surface area contributed by atoms with Crippen LogP contribution in [0, 0.1) is 5.41 Å². The number of hydrogen-bond donors (Lipinski definition) is 1. The van der Waals surface area contributed by atoms with Crippen LogP contribution in [0.5, 0.6) is 0 Å². The second-order valence-electron chi connectivity index (χ2n) is 7.22. The highest BCUT2D eigenvalue weighted by molar-refractivity contribution is 6.00. The van der Waals surface area contributed by atoms with Gasteiger partial charge in [-0.3, -0.25) is 4.79 Å². The number of carbonyl (C=O) groups excluding carboxylic acids is 2. The minimum Gasteiger partial charge on any atom is -0.465 e. The van der Waals surface area contributed by atoms with Crippen LogP contribution in [0.15, 0.2) is 18.2 Å². The summed E-state index contributed by atoms with van der Waals surface area (Å²) in [6, 6.07) is 5.32. The molecule has 6 heteroatoms. The minimum absolute atomic E-state index is 0.0834. The van der Waals surface area contributed by atoms with Gasteiger partial charge in [0.2, 0.25) is 5.91 Å². The Morgan fingerprint density at radius 2 is 1.75 bits per heavy atom. The van der Waals surface area contributed by atoms with E-state index in [1.807, 2.05) is 26.8 Å². The number of nitrogens with zero attached hydrogens (tertiary/aromatic N) is 2. The van der Waals surface area contributed by atoms with E-state index in [-0.39, 0.29) is 5.91 Å². The number of ether oxygens (including phenoxy) is 1. The number of likely N-dealkylation sites (N-methyl/N-ethyl adjacent to an activating group) is 1. The number of hydrogen-bond acceptors (Lipinski definition) is 5. The van der Waals surface area contributed by atoms with Crippen molar-refractivity contribution in [2.75, 3.05) is 50.6 Å². The zero-order valence-electron chi connectivity index (χ0n) is 15.2. The second-order valence-corrected chi connectivity index (χ2v) is 7.22. The summed E-state index contributed by atoms with van der Waals surface area (Å²) in [4.78, 5) is 28.7. The summed E-state index contributed by atoms with van der Waals surface area (Å²) in [7, 11) is 3.45. The van der Waals surface area contributed by atoms with Crippen molar-refractivity contribution in [3.8, 4) is 0 Å². The Balaban J connectivity index is 2.34. The molecule has 1 saturated heterocycles. The van der Waals surface area contributed by atoms with Crippen LogP contribution in [0.4, 0.5) is 11.4 Å². The fourth-order valence-electron chi connectivity index (χ4n) is 2.51. The molecule has 1 N–H and O–H groups in total. The predicted octanol–water partition coefficient (Wildman–Crippen LogP) is 2.21. The molecule has 0 atom stereocenters. The molecule has 24 heavy (non-hydrogen) atoms. The third-order valence-corrected chi connectivity index (χ3v) is 4.19. The maximum Gasteiger partial charge on any atom is 0.337 e. The number of piperazine rings is 1. The molecule has 0 aromatic heterocycles. The van der Waals surface area contributed by atoms with Gasteiger partial charge in [-0.1, -0.05) is 20.8 Å². The van der Waals surface area contributed by atoms with Crippen LogP contribution in [0.2, 0.25) is 0 Å². The lowest BCUT2D eigenvalue weighted by Gasteiger charge is -2.35. The Morgan fingerprint density at radius 3 is 2.29 bits per heavy atom. The van der Waals surface area contributed by atoms with Gasteiger partial charge in [0, 0.05) is 31.6 Å². The number of nitrogens with one attached hydrogen (secondary N) is 1. The molecule has 1 amide bonds. The van der Waals surface area contributed by atoms with E-state index in [0.29, 0.717) is 11.3 Å². The van der Waals surface area contributed by atoms with Crippen molar-refractivity contribution in [3.63, 3.8) is 0 Å². The minimum atomic E-state index is -0.513. The number of esters is 1. The molecule has 1 aromatic carbocycles. The molecule has 132 valence electrons. The number of benzene rings is 1. The summed E-state index contributed by atoms with van der Waals surface area (Å²) in [5.41, 5.74) is 1.51. The van der Waals surface area contributed by atoms with E-state index in [1.54, 1.807) is 12.1 Å². The van der Waals surface area contributed by atoms with Crippen LogP contribution in [0.1, 0.15) is 31.1 Å². The van der Waals surface area contributed by atoms with Gasteiger partial charge in [-0.2, -0.15) is 0 Å². The zero-order chi connectivity index (χ0) is 17.9. The van der Waals surface area contributed by atoms with Gasteiger partial charge >= 0.3 is 5.97 Å². The average molecular weight is 333 g/mol. The van der Waals surface area contributed by atoms with E-state index in [2.05, 4.69) is 22.2 Å². The SMILES string of the molecule is COC(=O)c1ccc(N2CCN(C)CC2)c(NC(=O)C(C)(C)C)c1. The number of methoxy groups -OCH3 is 1. The molecule has 2 rings (SSSR count). The third kappa shape index (κ3) is 4.26. The topological polar surface area (TPSA) is 61.9 Å². The van der Waals surface area contributed by atoms with Crippen LogP contribution in [-0.2, 0) is 9.53 Å². The molecule has 1 heterocycles. The van der Waals surface area contributed by atoms with Crippen LogP contribution in [0.3, 0.4) is 0 Å². The van der Waals surface area contributed by atoms with E-state index in [9.17, 15) is 9.59 Å². The lowest BCUT2D eigenvalue weighted by molar-refractivity contribution is -0.123. The van der Waals surface area contributed by atoms with Gasteiger partial charge in [0.05, 0.1) is 24.0 Å². The van der Waals surface area contributed by atoms with Crippen molar-refractivity contribution in [1.82, 2.24) is 4.90 Å². The monoisotopic (exact) mass is 333 g/mol. The van der Waals surface area contributed by atoms with Crippen molar-refractivity contribution in [2.24, 2.45) is 5.41 Å². The van der Waals surface area contributed by atoms with Crippen molar-refractivity contribution in [3.05, 3.63) is 23.8 Å². The van der Waals surface area contributed by atoms with E-state index in [4.69, 9.17) is 4.74 Å². The van der Waals surface area contributed by atoms with E-state index < -0.39 is 11.4 Å². The Bertz CT molecular complexity index is 614. The van der Waals surface area contributed by atoms with Gasteiger partial charge in [-0.15, -0.1) is 0 Å². The van der Waals surface area contributed by atoms with Crippen molar-refractivity contribution in [1.29, 1.82) is 0 Å².